The normalized spacial score (nSPS) is 12.7. The Morgan fingerprint density at radius 1 is 1.42 bits per heavy atom. The van der Waals surface area contributed by atoms with Crippen LogP contribution in [0.15, 0.2) is 36.9 Å². The predicted octanol–water partition coefficient (Wildman–Crippen LogP) is 1.71. The van der Waals surface area contributed by atoms with E-state index >= 15 is 0 Å². The topological polar surface area (TPSA) is 83.3 Å². The van der Waals surface area contributed by atoms with Crippen LogP contribution in [0.25, 0.3) is 0 Å². The number of nitrogens with one attached hydrogen (secondary N) is 1. The number of aliphatic hydroxyl groups excluding tert-OH is 1. The Labute approximate surface area is 135 Å². The summed E-state index contributed by atoms with van der Waals surface area (Å²) in [4.78, 5) is 16.6. The third-order valence-corrected chi connectivity index (χ3v) is 3.23. The quantitative estimate of drug-likeness (QED) is 0.866. The number of aromatic nitrogens is 3. The summed E-state index contributed by atoms with van der Waals surface area (Å²) in [6, 6.07) is 6.06. The van der Waals surface area contributed by atoms with Crippen LogP contribution in [0.1, 0.15) is 5.56 Å². The molecule has 0 aliphatic heterocycles. The Kier molecular flexibility index (Phi) is 5.39. The number of carbonyl (C=O) groups is 1. The van der Waals surface area contributed by atoms with Gasteiger partial charge < -0.3 is 15.3 Å². The van der Waals surface area contributed by atoms with Gasteiger partial charge >= 0.3 is 12.2 Å². The van der Waals surface area contributed by atoms with E-state index in [1.165, 1.54) is 19.7 Å². The van der Waals surface area contributed by atoms with Gasteiger partial charge in [-0.1, -0.05) is 18.2 Å². The molecule has 0 saturated heterocycles. The maximum atomic E-state index is 12.4. The number of likely N-dealkylation sites (N-methyl/N-ethyl adjacent to an activating group) is 1. The fourth-order valence-electron chi connectivity index (χ4n) is 1.93. The van der Waals surface area contributed by atoms with Gasteiger partial charge in [0.25, 0.3) is 0 Å². The van der Waals surface area contributed by atoms with E-state index in [0.717, 1.165) is 4.90 Å². The molecule has 24 heavy (non-hydrogen) atoms. The summed E-state index contributed by atoms with van der Waals surface area (Å²) in [5.41, 5.74) is 1.15. The summed E-state index contributed by atoms with van der Waals surface area (Å²) in [7, 11) is 1.17. The molecule has 0 saturated carbocycles. The van der Waals surface area contributed by atoms with Gasteiger partial charge in [0.05, 0.1) is 13.1 Å². The predicted molar refractivity (Wildman–Crippen MR) is 79.3 cm³/mol. The van der Waals surface area contributed by atoms with E-state index in [1.54, 1.807) is 28.9 Å². The van der Waals surface area contributed by atoms with E-state index in [2.05, 4.69) is 15.4 Å². The van der Waals surface area contributed by atoms with Crippen molar-refractivity contribution in [3.05, 3.63) is 42.5 Å². The highest BCUT2D eigenvalue weighted by molar-refractivity contribution is 5.90. The molecule has 1 unspecified atom stereocenters. The van der Waals surface area contributed by atoms with Gasteiger partial charge in [-0.15, -0.1) is 0 Å². The number of rotatable bonds is 5. The van der Waals surface area contributed by atoms with Gasteiger partial charge in [0, 0.05) is 12.7 Å². The van der Waals surface area contributed by atoms with Crippen molar-refractivity contribution < 1.29 is 23.1 Å². The number of benzene rings is 1. The van der Waals surface area contributed by atoms with Crippen molar-refractivity contribution in [1.82, 2.24) is 19.7 Å². The molecule has 1 heterocycles. The maximum Gasteiger partial charge on any atom is 0.416 e. The molecule has 1 aromatic carbocycles. The molecule has 1 aromatic heterocycles. The molecule has 7 nitrogen and oxygen atoms in total. The van der Waals surface area contributed by atoms with E-state index in [9.17, 15) is 18.0 Å². The molecule has 2 amide bonds. The second-order valence-electron chi connectivity index (χ2n) is 5.12. The highest BCUT2D eigenvalue weighted by Crippen LogP contribution is 2.21. The number of urea groups is 1. The number of carbonyl (C=O) groups excluding carboxylic acids is 1. The number of aliphatic hydroxyl groups is 1. The van der Waals surface area contributed by atoms with Crippen LogP contribution in [-0.2, 0) is 6.54 Å². The average molecular weight is 343 g/mol. The summed E-state index contributed by atoms with van der Waals surface area (Å²) < 4.78 is 38.6. The molecule has 0 spiro atoms. The Morgan fingerprint density at radius 2 is 2.12 bits per heavy atom. The third-order valence-electron chi connectivity index (χ3n) is 3.23. The Hall–Kier alpha value is -2.62. The average Bonchev–Trinajstić information content (AvgIpc) is 3.01. The van der Waals surface area contributed by atoms with Crippen molar-refractivity contribution in [3.63, 3.8) is 0 Å². The lowest BCUT2D eigenvalue weighted by atomic mass is 10.2. The minimum atomic E-state index is -4.78. The van der Waals surface area contributed by atoms with E-state index in [0.29, 0.717) is 17.8 Å². The molecular weight excluding hydrogens is 327 g/mol. The van der Waals surface area contributed by atoms with Gasteiger partial charge in [0.1, 0.15) is 12.7 Å². The van der Waals surface area contributed by atoms with Gasteiger partial charge in [0.2, 0.25) is 0 Å². The molecule has 1 atom stereocenters. The summed E-state index contributed by atoms with van der Waals surface area (Å²) in [5.74, 6) is 0. The molecule has 0 radical (unpaired) electrons. The van der Waals surface area contributed by atoms with Gasteiger partial charge in [-0.3, -0.25) is 0 Å². The first-order chi connectivity index (χ1) is 11.3. The van der Waals surface area contributed by atoms with Crippen molar-refractivity contribution in [3.8, 4) is 0 Å². The third kappa shape index (κ3) is 4.69. The molecule has 0 fully saturated rings. The highest BCUT2D eigenvalue weighted by atomic mass is 19.4. The fourth-order valence-corrected chi connectivity index (χ4v) is 1.93. The molecule has 2 rings (SSSR count). The number of alkyl halides is 3. The Morgan fingerprint density at radius 3 is 2.75 bits per heavy atom. The summed E-state index contributed by atoms with van der Waals surface area (Å²) in [5, 5.41) is 15.5. The van der Waals surface area contributed by atoms with Crippen LogP contribution in [0.5, 0.6) is 0 Å². The fraction of sp³-hybridized carbons (Fsp3) is 0.357. The monoisotopic (exact) mass is 343 g/mol. The molecule has 10 heteroatoms. The first kappa shape index (κ1) is 17.7. The second kappa shape index (κ2) is 7.30. The Bertz CT molecular complexity index is 675. The molecule has 2 N–H and O–H groups in total. The molecule has 2 aromatic rings. The van der Waals surface area contributed by atoms with Crippen LogP contribution in [-0.4, -0.2) is 56.7 Å². The maximum absolute atomic E-state index is 12.4. The van der Waals surface area contributed by atoms with Crippen LogP contribution >= 0.6 is 0 Å². The van der Waals surface area contributed by atoms with Crippen LogP contribution in [0.4, 0.5) is 23.7 Å². The van der Waals surface area contributed by atoms with Gasteiger partial charge in [-0.2, -0.15) is 18.3 Å². The molecule has 0 bridgehead atoms. The van der Waals surface area contributed by atoms with E-state index in [4.69, 9.17) is 5.11 Å². The van der Waals surface area contributed by atoms with E-state index < -0.39 is 24.9 Å². The summed E-state index contributed by atoms with van der Waals surface area (Å²) >= 11 is 0. The van der Waals surface area contributed by atoms with Crippen molar-refractivity contribution in [2.75, 3.05) is 18.9 Å². The van der Waals surface area contributed by atoms with Crippen LogP contribution in [0.2, 0.25) is 0 Å². The van der Waals surface area contributed by atoms with Crippen LogP contribution in [0.3, 0.4) is 0 Å². The lowest BCUT2D eigenvalue weighted by molar-refractivity contribution is -0.205. The van der Waals surface area contributed by atoms with Crippen molar-refractivity contribution in [2.45, 2.75) is 18.8 Å². The zero-order valence-electron chi connectivity index (χ0n) is 12.7. The number of anilines is 1. The van der Waals surface area contributed by atoms with Crippen LogP contribution < -0.4 is 5.32 Å². The molecule has 0 aliphatic rings. The SMILES string of the molecule is CN(CC(O)C(F)(F)F)C(=O)Nc1ccccc1Cn1cncn1. The number of hydrogen-bond donors (Lipinski definition) is 2. The van der Waals surface area contributed by atoms with Crippen LogP contribution in [0, 0.1) is 0 Å². The molecule has 0 aliphatic carbocycles. The zero-order valence-corrected chi connectivity index (χ0v) is 12.7. The lowest BCUT2D eigenvalue weighted by Gasteiger charge is -2.23. The lowest BCUT2D eigenvalue weighted by Crippen LogP contribution is -2.43. The summed E-state index contributed by atoms with van der Waals surface area (Å²) in [6.07, 6.45) is -4.50. The van der Waals surface area contributed by atoms with E-state index in [-0.39, 0.29) is 0 Å². The molecule has 130 valence electrons. The second-order valence-corrected chi connectivity index (χ2v) is 5.12. The Balaban J connectivity index is 2.03. The minimum Gasteiger partial charge on any atom is -0.382 e. The van der Waals surface area contributed by atoms with Crippen molar-refractivity contribution in [2.24, 2.45) is 0 Å². The summed E-state index contributed by atoms with van der Waals surface area (Å²) in [6.45, 7) is -0.522. The number of halogens is 3. The number of nitrogens with zero attached hydrogens (tertiary/aromatic N) is 4. The first-order valence-electron chi connectivity index (χ1n) is 6.94. The number of para-hydroxylation sites is 1. The smallest absolute Gasteiger partial charge is 0.382 e. The number of hydrogen-bond acceptors (Lipinski definition) is 4. The minimum absolute atomic E-state index is 0.339. The van der Waals surface area contributed by atoms with Gasteiger partial charge in [-0.25, -0.2) is 14.5 Å². The highest BCUT2D eigenvalue weighted by Gasteiger charge is 2.39. The zero-order chi connectivity index (χ0) is 17.7. The van der Waals surface area contributed by atoms with Gasteiger partial charge in [0.15, 0.2) is 6.10 Å². The molecular formula is C14H16F3N5O2. The number of amides is 2. The van der Waals surface area contributed by atoms with Crippen molar-refractivity contribution >= 4 is 11.7 Å². The largest absolute Gasteiger partial charge is 0.416 e. The van der Waals surface area contributed by atoms with Gasteiger partial charge in [-0.05, 0) is 11.6 Å². The first-order valence-corrected chi connectivity index (χ1v) is 6.94. The standard InChI is InChI=1S/C14H16F3N5O2/c1-21(7-12(23)14(15,16)17)13(24)20-11-5-3-2-4-10(11)6-22-9-18-8-19-22/h2-5,8-9,12,23H,6-7H2,1H3,(H,20,24). The van der Waals surface area contributed by atoms with E-state index in [1.807, 2.05) is 0 Å². The van der Waals surface area contributed by atoms with Crippen molar-refractivity contribution in [1.29, 1.82) is 0 Å².